The summed E-state index contributed by atoms with van der Waals surface area (Å²) in [5.74, 6) is 0.813. The number of rotatable bonds is 6. The molecule has 1 amide bonds. The van der Waals surface area contributed by atoms with Gasteiger partial charge in [-0.1, -0.05) is 19.9 Å². The van der Waals surface area contributed by atoms with Crippen LogP contribution in [0.2, 0.25) is 0 Å². The molecule has 106 valence electrons. The van der Waals surface area contributed by atoms with Gasteiger partial charge in [-0.25, -0.2) is 0 Å². The number of carbonyl (C=O) groups excluding carboxylic acids is 1. The molecule has 1 aromatic carbocycles. The highest BCUT2D eigenvalue weighted by Gasteiger charge is 2.22. The van der Waals surface area contributed by atoms with Crippen LogP contribution < -0.4 is 10.1 Å². The summed E-state index contributed by atoms with van der Waals surface area (Å²) in [4.78, 5) is 12.0. The average Bonchev–Trinajstić information content (AvgIpc) is 2.34. The van der Waals surface area contributed by atoms with Gasteiger partial charge in [0.25, 0.3) is 5.91 Å². The lowest BCUT2D eigenvalue weighted by atomic mass is 9.94. The first kappa shape index (κ1) is 15.5. The van der Waals surface area contributed by atoms with Crippen LogP contribution in [0.1, 0.15) is 37.6 Å². The third-order valence-electron chi connectivity index (χ3n) is 2.81. The second-order valence-corrected chi connectivity index (χ2v) is 5.51. The van der Waals surface area contributed by atoms with Gasteiger partial charge >= 0.3 is 0 Å². The minimum atomic E-state index is -0.886. The van der Waals surface area contributed by atoms with Crippen molar-refractivity contribution in [2.75, 3.05) is 13.7 Å². The van der Waals surface area contributed by atoms with Crippen LogP contribution in [0.4, 0.5) is 0 Å². The molecule has 0 fully saturated rings. The van der Waals surface area contributed by atoms with Crippen LogP contribution in [0, 0.1) is 5.92 Å². The molecule has 2 N–H and O–H groups in total. The van der Waals surface area contributed by atoms with E-state index < -0.39 is 5.60 Å². The molecule has 1 unspecified atom stereocenters. The minimum absolute atomic E-state index is 0.206. The van der Waals surface area contributed by atoms with Crippen molar-refractivity contribution in [1.29, 1.82) is 0 Å². The lowest BCUT2D eigenvalue weighted by Gasteiger charge is -2.25. The fraction of sp³-hybridized carbons (Fsp3) is 0.533. The number of nitrogens with one attached hydrogen (secondary N) is 1. The second-order valence-electron chi connectivity index (χ2n) is 5.51. The number of ether oxygens (including phenoxy) is 1. The predicted molar refractivity (Wildman–Crippen MR) is 75.4 cm³/mol. The smallest absolute Gasteiger partial charge is 0.251 e. The van der Waals surface area contributed by atoms with Crippen LogP contribution in [0.25, 0.3) is 0 Å². The Morgan fingerprint density at radius 3 is 2.74 bits per heavy atom. The van der Waals surface area contributed by atoms with Crippen LogP contribution >= 0.6 is 0 Å². The van der Waals surface area contributed by atoms with Gasteiger partial charge in [-0.15, -0.1) is 0 Å². The molecule has 1 aromatic rings. The molecule has 4 nitrogen and oxygen atoms in total. The van der Waals surface area contributed by atoms with Gasteiger partial charge in [-0.2, -0.15) is 0 Å². The number of hydrogen-bond donors (Lipinski definition) is 2. The Balaban J connectivity index is 2.60. The van der Waals surface area contributed by atoms with Crippen molar-refractivity contribution in [3.63, 3.8) is 0 Å². The Morgan fingerprint density at radius 1 is 1.47 bits per heavy atom. The molecule has 0 aliphatic heterocycles. The van der Waals surface area contributed by atoms with Crippen LogP contribution in [0.15, 0.2) is 24.3 Å². The summed E-state index contributed by atoms with van der Waals surface area (Å²) in [7, 11) is 1.56. The fourth-order valence-electron chi connectivity index (χ4n) is 2.09. The molecule has 1 atom stereocenters. The number of benzene rings is 1. The first-order chi connectivity index (χ1) is 8.84. The number of methoxy groups -OCH3 is 1. The van der Waals surface area contributed by atoms with Crippen molar-refractivity contribution in [3.8, 4) is 5.75 Å². The van der Waals surface area contributed by atoms with E-state index in [0.29, 0.717) is 23.7 Å². The summed E-state index contributed by atoms with van der Waals surface area (Å²) in [6.45, 7) is 6.05. The molecular formula is C15H23NO3. The summed E-state index contributed by atoms with van der Waals surface area (Å²) >= 11 is 0. The Morgan fingerprint density at radius 2 is 2.16 bits per heavy atom. The van der Waals surface area contributed by atoms with E-state index in [2.05, 4.69) is 5.32 Å². The molecule has 19 heavy (non-hydrogen) atoms. The van der Waals surface area contributed by atoms with Gasteiger partial charge in [0.2, 0.25) is 0 Å². The van der Waals surface area contributed by atoms with Crippen molar-refractivity contribution in [2.24, 2.45) is 5.92 Å². The molecule has 0 aliphatic rings. The molecule has 0 saturated carbocycles. The van der Waals surface area contributed by atoms with E-state index in [-0.39, 0.29) is 12.5 Å². The van der Waals surface area contributed by atoms with E-state index in [0.717, 1.165) is 0 Å². The molecule has 0 bridgehead atoms. The average molecular weight is 265 g/mol. The van der Waals surface area contributed by atoms with Gasteiger partial charge in [0.05, 0.1) is 12.7 Å². The standard InChI is InChI=1S/C15H23NO3/c1-11(2)9-15(3,18)10-16-14(17)12-6-5-7-13(8-12)19-4/h5-8,11,18H,9-10H2,1-4H3,(H,16,17). The molecule has 0 spiro atoms. The zero-order valence-electron chi connectivity index (χ0n) is 12.1. The van der Waals surface area contributed by atoms with E-state index in [1.165, 1.54) is 0 Å². The molecule has 0 aromatic heterocycles. The van der Waals surface area contributed by atoms with E-state index in [1.54, 1.807) is 38.3 Å². The first-order valence-electron chi connectivity index (χ1n) is 6.49. The number of carbonyl (C=O) groups is 1. The summed E-state index contributed by atoms with van der Waals surface area (Å²) in [5, 5.41) is 12.9. The lowest BCUT2D eigenvalue weighted by Crippen LogP contribution is -2.41. The lowest BCUT2D eigenvalue weighted by molar-refractivity contribution is 0.0368. The highest BCUT2D eigenvalue weighted by molar-refractivity contribution is 5.94. The van der Waals surface area contributed by atoms with Crippen LogP contribution in [-0.2, 0) is 0 Å². The van der Waals surface area contributed by atoms with E-state index in [9.17, 15) is 9.90 Å². The second kappa shape index (κ2) is 6.57. The van der Waals surface area contributed by atoms with Crippen molar-refractivity contribution in [2.45, 2.75) is 32.8 Å². The third kappa shape index (κ3) is 5.30. The van der Waals surface area contributed by atoms with Crippen molar-refractivity contribution < 1.29 is 14.6 Å². The third-order valence-corrected chi connectivity index (χ3v) is 2.81. The topological polar surface area (TPSA) is 58.6 Å². The monoisotopic (exact) mass is 265 g/mol. The van der Waals surface area contributed by atoms with Crippen molar-refractivity contribution >= 4 is 5.91 Å². The van der Waals surface area contributed by atoms with E-state index >= 15 is 0 Å². The highest BCUT2D eigenvalue weighted by atomic mass is 16.5. The summed E-state index contributed by atoms with van der Waals surface area (Å²) in [5.41, 5.74) is -0.359. The summed E-state index contributed by atoms with van der Waals surface area (Å²) in [6, 6.07) is 6.94. The Bertz CT molecular complexity index is 427. The maximum absolute atomic E-state index is 12.0. The molecule has 1 rings (SSSR count). The van der Waals surface area contributed by atoms with Crippen molar-refractivity contribution in [3.05, 3.63) is 29.8 Å². The van der Waals surface area contributed by atoms with Crippen LogP contribution in [0.3, 0.4) is 0 Å². The largest absolute Gasteiger partial charge is 0.497 e. The summed E-state index contributed by atoms with van der Waals surface area (Å²) in [6.07, 6.45) is 0.644. The maximum atomic E-state index is 12.0. The van der Waals surface area contributed by atoms with Gasteiger partial charge in [-0.3, -0.25) is 4.79 Å². The van der Waals surface area contributed by atoms with Gasteiger partial charge in [0.15, 0.2) is 0 Å². The van der Waals surface area contributed by atoms with E-state index in [1.807, 2.05) is 13.8 Å². The Hall–Kier alpha value is -1.55. The Kier molecular flexibility index (Phi) is 5.36. The fourth-order valence-corrected chi connectivity index (χ4v) is 2.09. The zero-order valence-corrected chi connectivity index (χ0v) is 12.1. The number of aliphatic hydroxyl groups is 1. The molecular weight excluding hydrogens is 242 g/mol. The summed E-state index contributed by atoms with van der Waals surface area (Å²) < 4.78 is 5.07. The highest BCUT2D eigenvalue weighted by Crippen LogP contribution is 2.16. The molecule has 0 radical (unpaired) electrons. The number of hydrogen-bond acceptors (Lipinski definition) is 3. The normalized spacial score (nSPS) is 14.0. The van der Waals surface area contributed by atoms with Gasteiger partial charge in [0, 0.05) is 12.1 Å². The molecule has 0 aliphatic carbocycles. The molecule has 0 heterocycles. The molecule has 4 heteroatoms. The first-order valence-corrected chi connectivity index (χ1v) is 6.49. The van der Waals surface area contributed by atoms with Gasteiger partial charge < -0.3 is 15.2 Å². The zero-order chi connectivity index (χ0) is 14.5. The molecule has 0 saturated heterocycles. The predicted octanol–water partition coefficient (Wildman–Crippen LogP) is 2.22. The maximum Gasteiger partial charge on any atom is 0.251 e. The van der Waals surface area contributed by atoms with Gasteiger partial charge in [-0.05, 0) is 37.5 Å². The van der Waals surface area contributed by atoms with Gasteiger partial charge in [0.1, 0.15) is 5.75 Å². The van der Waals surface area contributed by atoms with Crippen molar-refractivity contribution in [1.82, 2.24) is 5.32 Å². The van der Waals surface area contributed by atoms with E-state index in [4.69, 9.17) is 4.74 Å². The SMILES string of the molecule is COc1cccc(C(=O)NCC(C)(O)CC(C)C)c1. The minimum Gasteiger partial charge on any atom is -0.497 e. The Labute approximate surface area is 114 Å². The number of amides is 1. The van der Waals surface area contributed by atoms with Crippen LogP contribution in [-0.4, -0.2) is 30.3 Å². The quantitative estimate of drug-likeness (QED) is 0.829. The van der Waals surface area contributed by atoms with Crippen LogP contribution in [0.5, 0.6) is 5.75 Å².